The summed E-state index contributed by atoms with van der Waals surface area (Å²) in [5.74, 6) is -0.381. The zero-order chi connectivity index (χ0) is 21.0. The van der Waals surface area contributed by atoms with Gasteiger partial charge >= 0.3 is 11.9 Å². The number of rotatable bonds is 2. The Morgan fingerprint density at radius 1 is 0.933 bits per heavy atom. The first kappa shape index (κ1) is 18.7. The van der Waals surface area contributed by atoms with E-state index >= 15 is 0 Å². The monoisotopic (exact) mass is 516 g/mol. The Balaban J connectivity index is 1.81. The number of aromatic hydroxyl groups is 2. The highest BCUT2D eigenvalue weighted by Crippen LogP contribution is 2.57. The minimum atomic E-state index is -1.35. The third kappa shape index (κ3) is 2.63. The Kier molecular flexibility index (Phi) is 4.14. The molecule has 0 aromatic heterocycles. The van der Waals surface area contributed by atoms with E-state index in [-0.39, 0.29) is 17.9 Å². The zero-order valence-electron chi connectivity index (χ0n) is 15.2. The standard InChI is InChI=1S/C22H13IO7/c23-30-20(26)8-11-1-4-14-17(7-11)22(29-21(14)27)15-5-2-12(24)9-18(15)28-19-10-13(25)3-6-16(19)22/h1-7,9-10,24-25H,8H2. The van der Waals surface area contributed by atoms with E-state index in [1.165, 1.54) is 47.3 Å². The number of fused-ring (bicyclic) bond motifs is 6. The Labute approximate surface area is 184 Å². The second kappa shape index (κ2) is 6.63. The molecule has 2 N–H and O–H groups in total. The fourth-order valence-corrected chi connectivity index (χ4v) is 4.21. The van der Waals surface area contributed by atoms with Crippen molar-refractivity contribution in [2.24, 2.45) is 0 Å². The van der Waals surface area contributed by atoms with Crippen molar-refractivity contribution in [2.45, 2.75) is 12.0 Å². The van der Waals surface area contributed by atoms with Crippen LogP contribution < -0.4 is 4.74 Å². The molecular weight excluding hydrogens is 503 g/mol. The van der Waals surface area contributed by atoms with Crippen molar-refractivity contribution in [1.82, 2.24) is 0 Å². The lowest BCUT2D eigenvalue weighted by Gasteiger charge is -2.36. The smallest absolute Gasteiger partial charge is 0.340 e. The number of carbonyl (C=O) groups is 2. The quantitative estimate of drug-likeness (QED) is 0.391. The summed E-state index contributed by atoms with van der Waals surface area (Å²) < 4.78 is 16.6. The molecule has 1 spiro atoms. The van der Waals surface area contributed by atoms with Gasteiger partial charge in [-0.05, 0) is 42.0 Å². The summed E-state index contributed by atoms with van der Waals surface area (Å²) in [7, 11) is 0. The SMILES string of the molecule is O=C(Cc1ccc2c(c1)C1(OC2=O)c2ccc(O)cc2Oc2cc(O)ccc21)OI. The van der Waals surface area contributed by atoms with E-state index < -0.39 is 17.5 Å². The van der Waals surface area contributed by atoms with Gasteiger partial charge in [-0.2, -0.15) is 0 Å². The van der Waals surface area contributed by atoms with Crippen molar-refractivity contribution in [1.29, 1.82) is 0 Å². The van der Waals surface area contributed by atoms with Gasteiger partial charge in [0.25, 0.3) is 0 Å². The maximum Gasteiger partial charge on any atom is 0.340 e. The molecule has 150 valence electrons. The molecule has 30 heavy (non-hydrogen) atoms. The molecule has 2 aliphatic rings. The van der Waals surface area contributed by atoms with Gasteiger partial charge in [0.15, 0.2) is 28.6 Å². The summed E-state index contributed by atoms with van der Waals surface area (Å²) in [5.41, 5.74) is 1.27. The third-order valence-electron chi connectivity index (χ3n) is 5.27. The molecular formula is C22H13IO7. The van der Waals surface area contributed by atoms with Gasteiger partial charge in [-0.15, -0.1) is 0 Å². The van der Waals surface area contributed by atoms with Crippen LogP contribution in [0.15, 0.2) is 54.6 Å². The third-order valence-corrected chi connectivity index (χ3v) is 5.76. The van der Waals surface area contributed by atoms with Crippen molar-refractivity contribution in [3.63, 3.8) is 0 Å². The van der Waals surface area contributed by atoms with Crippen molar-refractivity contribution < 1.29 is 32.3 Å². The number of carbonyl (C=O) groups excluding carboxylic acids is 2. The van der Waals surface area contributed by atoms with Crippen molar-refractivity contribution in [2.75, 3.05) is 0 Å². The van der Waals surface area contributed by atoms with E-state index in [9.17, 15) is 19.8 Å². The van der Waals surface area contributed by atoms with Crippen LogP contribution in [0.25, 0.3) is 0 Å². The number of hydrogen-bond donors (Lipinski definition) is 2. The average molecular weight is 516 g/mol. The van der Waals surface area contributed by atoms with Crippen molar-refractivity contribution in [3.05, 3.63) is 82.4 Å². The van der Waals surface area contributed by atoms with E-state index in [2.05, 4.69) is 0 Å². The molecule has 0 atom stereocenters. The van der Waals surface area contributed by atoms with Gasteiger partial charge in [-0.1, -0.05) is 6.07 Å². The number of benzene rings is 3. The zero-order valence-corrected chi connectivity index (χ0v) is 17.4. The molecule has 0 fully saturated rings. The minimum absolute atomic E-state index is 0.0180. The van der Waals surface area contributed by atoms with Crippen LogP contribution in [-0.4, -0.2) is 22.2 Å². The van der Waals surface area contributed by atoms with Gasteiger partial charge in [0.1, 0.15) is 23.0 Å². The number of hydrogen-bond acceptors (Lipinski definition) is 7. The Hall–Kier alpha value is -3.27. The van der Waals surface area contributed by atoms with Crippen LogP contribution in [0.3, 0.4) is 0 Å². The predicted octanol–water partition coefficient (Wildman–Crippen LogP) is 4.10. The predicted molar refractivity (Wildman–Crippen MR) is 112 cm³/mol. The summed E-state index contributed by atoms with van der Waals surface area (Å²) in [6, 6.07) is 14.1. The molecule has 2 heterocycles. The molecule has 5 rings (SSSR count). The van der Waals surface area contributed by atoms with E-state index in [4.69, 9.17) is 12.5 Å². The second-order valence-electron chi connectivity index (χ2n) is 7.04. The minimum Gasteiger partial charge on any atom is -0.508 e. The first-order valence-corrected chi connectivity index (χ1v) is 9.83. The first-order valence-electron chi connectivity index (χ1n) is 8.95. The van der Waals surface area contributed by atoms with Crippen molar-refractivity contribution >= 4 is 34.9 Å². The van der Waals surface area contributed by atoms with Gasteiger partial charge in [-0.25, -0.2) is 4.79 Å². The van der Waals surface area contributed by atoms with Gasteiger partial charge in [0, 0.05) is 28.8 Å². The molecule has 0 radical (unpaired) electrons. The lowest BCUT2D eigenvalue weighted by Crippen LogP contribution is -2.33. The van der Waals surface area contributed by atoms with E-state index in [1.54, 1.807) is 30.3 Å². The Bertz CT molecular complexity index is 1180. The largest absolute Gasteiger partial charge is 0.508 e. The van der Waals surface area contributed by atoms with Crippen LogP contribution in [-0.2, 0) is 24.6 Å². The van der Waals surface area contributed by atoms with Crippen LogP contribution in [0.1, 0.15) is 32.6 Å². The second-order valence-corrected chi connectivity index (χ2v) is 7.48. The highest BCUT2D eigenvalue weighted by atomic mass is 127. The summed E-state index contributed by atoms with van der Waals surface area (Å²) in [6.07, 6.45) is 0.0296. The summed E-state index contributed by atoms with van der Waals surface area (Å²) >= 11 is 1.53. The Morgan fingerprint density at radius 3 is 2.17 bits per heavy atom. The normalized spacial score (nSPS) is 14.9. The summed E-state index contributed by atoms with van der Waals surface area (Å²) in [4.78, 5) is 24.6. The first-order chi connectivity index (χ1) is 14.4. The fraction of sp³-hybridized carbons (Fsp3) is 0.0909. The molecule has 2 aliphatic heterocycles. The molecule has 0 saturated heterocycles. The summed E-state index contributed by atoms with van der Waals surface area (Å²) in [5, 5.41) is 19.9. The maximum atomic E-state index is 12.8. The number of halogens is 1. The molecule has 8 heteroatoms. The van der Waals surface area contributed by atoms with Crippen LogP contribution in [0.2, 0.25) is 0 Å². The maximum absolute atomic E-state index is 12.8. The van der Waals surface area contributed by atoms with E-state index in [0.717, 1.165) is 0 Å². The molecule has 0 amide bonds. The molecule has 3 aromatic carbocycles. The fourth-order valence-electron chi connectivity index (χ4n) is 4.05. The number of ether oxygens (including phenoxy) is 2. The Morgan fingerprint density at radius 2 is 1.57 bits per heavy atom. The molecule has 3 aromatic rings. The molecule has 0 bridgehead atoms. The van der Waals surface area contributed by atoms with E-state index in [1.807, 2.05) is 0 Å². The average Bonchev–Trinajstić information content (AvgIpc) is 3.00. The lowest BCUT2D eigenvalue weighted by atomic mass is 9.77. The molecule has 7 nitrogen and oxygen atoms in total. The van der Waals surface area contributed by atoms with Gasteiger partial charge in [0.2, 0.25) is 0 Å². The number of esters is 1. The van der Waals surface area contributed by atoms with Gasteiger partial charge in [0.05, 0.1) is 12.0 Å². The van der Waals surface area contributed by atoms with E-state index in [0.29, 0.717) is 39.3 Å². The molecule has 0 aliphatic carbocycles. The molecule has 0 unspecified atom stereocenters. The topological polar surface area (TPSA) is 102 Å². The van der Waals surface area contributed by atoms with Crippen LogP contribution in [0, 0.1) is 0 Å². The van der Waals surface area contributed by atoms with Crippen LogP contribution in [0.5, 0.6) is 23.0 Å². The molecule has 0 saturated carbocycles. The van der Waals surface area contributed by atoms with Crippen LogP contribution >= 0.6 is 23.0 Å². The van der Waals surface area contributed by atoms with Crippen LogP contribution in [0.4, 0.5) is 0 Å². The highest BCUT2D eigenvalue weighted by Gasteiger charge is 2.53. The van der Waals surface area contributed by atoms with Crippen molar-refractivity contribution in [3.8, 4) is 23.0 Å². The lowest BCUT2D eigenvalue weighted by molar-refractivity contribution is -0.130. The summed E-state index contributed by atoms with van der Waals surface area (Å²) in [6.45, 7) is 0. The number of phenols is 2. The number of phenolic OH excluding ortho intramolecular Hbond substituents is 2. The van der Waals surface area contributed by atoms with Gasteiger partial charge in [-0.3, -0.25) is 4.79 Å². The van der Waals surface area contributed by atoms with Gasteiger partial charge < -0.3 is 22.8 Å². The highest BCUT2D eigenvalue weighted by molar-refractivity contribution is 14.1.